The minimum absolute atomic E-state index is 0.156. The molecule has 114 valence electrons. The summed E-state index contributed by atoms with van der Waals surface area (Å²) >= 11 is 0. The maximum atomic E-state index is 13.8. The number of imidazole rings is 1. The molecule has 0 spiro atoms. The van der Waals surface area contributed by atoms with Crippen molar-refractivity contribution in [3.63, 3.8) is 0 Å². The van der Waals surface area contributed by atoms with Crippen LogP contribution < -0.4 is 5.73 Å². The molecule has 3 atom stereocenters. The quantitative estimate of drug-likeness (QED) is 0.872. The summed E-state index contributed by atoms with van der Waals surface area (Å²) in [7, 11) is 0. The van der Waals surface area contributed by atoms with Crippen molar-refractivity contribution in [1.29, 1.82) is 0 Å². The molecule has 0 radical (unpaired) electrons. The van der Waals surface area contributed by atoms with E-state index in [0.29, 0.717) is 23.4 Å². The van der Waals surface area contributed by atoms with Crippen molar-refractivity contribution >= 4 is 17.1 Å². The number of nitrogens with zero attached hydrogens (tertiary/aromatic N) is 4. The molecule has 1 aliphatic heterocycles. The number of ether oxygens (including phenoxy) is 1. The molecule has 1 fully saturated rings. The van der Waals surface area contributed by atoms with Crippen molar-refractivity contribution in [3.05, 3.63) is 11.5 Å². The largest absolute Gasteiger partial charge is 0.394 e. The van der Waals surface area contributed by atoms with Crippen LogP contribution in [0.2, 0.25) is 0 Å². The summed E-state index contributed by atoms with van der Waals surface area (Å²) in [4.78, 5) is 12.9. The number of hydrogen-bond donors (Lipinski definition) is 2. The first-order chi connectivity index (χ1) is 10.0. The molecule has 0 bridgehead atoms. The lowest BCUT2D eigenvalue weighted by molar-refractivity contribution is -0.0330. The standard InChI is InChI=1S/C13H18FN5O2/c1-3-8-11-12(18-13(15)17-8)19(6(2)16-11)10-4-7(14)9(5-20)21-10/h7,9-10,20H,3-5H2,1-2H3,(H2,15,17,18)/t7-,9+,10+/m0/s1. The number of nitrogens with two attached hydrogens (primary N) is 1. The van der Waals surface area contributed by atoms with E-state index in [1.807, 2.05) is 6.92 Å². The summed E-state index contributed by atoms with van der Waals surface area (Å²) in [6.45, 7) is 3.42. The van der Waals surface area contributed by atoms with Gasteiger partial charge in [0.2, 0.25) is 5.95 Å². The Balaban J connectivity index is 2.11. The molecule has 3 heterocycles. The summed E-state index contributed by atoms with van der Waals surface area (Å²) in [5.74, 6) is 0.824. The van der Waals surface area contributed by atoms with Crippen molar-refractivity contribution in [2.75, 3.05) is 12.3 Å². The third kappa shape index (κ3) is 2.24. The number of alkyl halides is 1. The van der Waals surface area contributed by atoms with Crippen LogP contribution in [-0.2, 0) is 11.2 Å². The van der Waals surface area contributed by atoms with E-state index >= 15 is 0 Å². The van der Waals surface area contributed by atoms with Crippen molar-refractivity contribution in [2.24, 2.45) is 0 Å². The van der Waals surface area contributed by atoms with Gasteiger partial charge in [-0.2, -0.15) is 4.98 Å². The van der Waals surface area contributed by atoms with E-state index in [2.05, 4.69) is 15.0 Å². The van der Waals surface area contributed by atoms with Crippen LogP contribution in [0.15, 0.2) is 0 Å². The summed E-state index contributed by atoms with van der Waals surface area (Å²) in [5.41, 5.74) is 7.71. The number of aliphatic hydroxyl groups excluding tert-OH is 1. The molecule has 21 heavy (non-hydrogen) atoms. The molecule has 0 aromatic carbocycles. The number of halogens is 1. The first kappa shape index (κ1) is 14.2. The second-order valence-corrected chi connectivity index (χ2v) is 5.15. The lowest BCUT2D eigenvalue weighted by atomic mass is 10.2. The molecule has 0 saturated carbocycles. The Morgan fingerprint density at radius 3 is 2.81 bits per heavy atom. The number of hydrogen-bond acceptors (Lipinski definition) is 6. The molecule has 8 heteroatoms. The van der Waals surface area contributed by atoms with Crippen molar-refractivity contribution < 1.29 is 14.2 Å². The van der Waals surface area contributed by atoms with Crippen molar-refractivity contribution in [3.8, 4) is 0 Å². The molecule has 0 aliphatic carbocycles. The molecule has 2 aromatic heterocycles. The van der Waals surface area contributed by atoms with Crippen LogP contribution in [0, 0.1) is 6.92 Å². The van der Waals surface area contributed by atoms with E-state index in [1.165, 1.54) is 0 Å². The fourth-order valence-electron chi connectivity index (χ4n) is 2.76. The predicted molar refractivity (Wildman–Crippen MR) is 74.4 cm³/mol. The normalized spacial score (nSPS) is 25.8. The minimum atomic E-state index is -1.21. The highest BCUT2D eigenvalue weighted by Gasteiger charge is 2.37. The zero-order chi connectivity index (χ0) is 15.1. The third-order valence-electron chi connectivity index (χ3n) is 3.77. The molecule has 1 saturated heterocycles. The molecule has 0 unspecified atom stereocenters. The van der Waals surface area contributed by atoms with Gasteiger partial charge in [-0.25, -0.2) is 14.4 Å². The summed E-state index contributed by atoms with van der Waals surface area (Å²) < 4.78 is 21.1. The number of aromatic nitrogens is 4. The van der Waals surface area contributed by atoms with Gasteiger partial charge in [0.25, 0.3) is 0 Å². The highest BCUT2D eigenvalue weighted by Crippen LogP contribution is 2.34. The Morgan fingerprint density at radius 2 is 2.19 bits per heavy atom. The van der Waals surface area contributed by atoms with Crippen LogP contribution in [0.1, 0.15) is 31.1 Å². The van der Waals surface area contributed by atoms with Gasteiger partial charge in [0.05, 0.1) is 12.3 Å². The lowest BCUT2D eigenvalue weighted by Gasteiger charge is -2.15. The van der Waals surface area contributed by atoms with Crippen LogP contribution in [0.4, 0.5) is 10.3 Å². The van der Waals surface area contributed by atoms with Gasteiger partial charge in [-0.1, -0.05) is 6.92 Å². The Labute approximate surface area is 121 Å². The summed E-state index contributed by atoms with van der Waals surface area (Å²) in [5, 5.41) is 9.13. The second kappa shape index (κ2) is 5.19. The van der Waals surface area contributed by atoms with Crippen LogP contribution in [-0.4, -0.2) is 43.5 Å². The Morgan fingerprint density at radius 1 is 1.43 bits per heavy atom. The zero-order valence-electron chi connectivity index (χ0n) is 12.0. The van der Waals surface area contributed by atoms with Gasteiger partial charge in [0, 0.05) is 6.42 Å². The Bertz CT molecular complexity index is 674. The SMILES string of the molecule is CCc1nc(N)nc2c1nc(C)n2[C@H]1C[C@H](F)[C@@H](CO)O1. The fourth-order valence-corrected chi connectivity index (χ4v) is 2.76. The van der Waals surface area contributed by atoms with Crippen LogP contribution in [0.25, 0.3) is 11.2 Å². The summed E-state index contributed by atoms with van der Waals surface area (Å²) in [6.07, 6.45) is -1.72. The topological polar surface area (TPSA) is 99.1 Å². The van der Waals surface area contributed by atoms with Crippen molar-refractivity contribution in [2.45, 2.75) is 45.2 Å². The highest BCUT2D eigenvalue weighted by atomic mass is 19.1. The first-order valence-electron chi connectivity index (χ1n) is 6.96. The van der Waals surface area contributed by atoms with Gasteiger partial charge in [-0.15, -0.1) is 0 Å². The van der Waals surface area contributed by atoms with Crippen LogP contribution >= 0.6 is 0 Å². The van der Waals surface area contributed by atoms with E-state index in [1.54, 1.807) is 11.5 Å². The molecular formula is C13H18FN5O2. The van der Waals surface area contributed by atoms with Gasteiger partial charge < -0.3 is 15.6 Å². The smallest absolute Gasteiger partial charge is 0.222 e. The fraction of sp³-hybridized carbons (Fsp3) is 0.615. The van der Waals surface area contributed by atoms with E-state index in [9.17, 15) is 4.39 Å². The Hall–Kier alpha value is -1.80. The molecular weight excluding hydrogens is 277 g/mol. The molecule has 7 nitrogen and oxygen atoms in total. The number of aryl methyl sites for hydroxylation is 2. The van der Waals surface area contributed by atoms with E-state index in [4.69, 9.17) is 15.6 Å². The van der Waals surface area contributed by atoms with E-state index < -0.39 is 18.5 Å². The van der Waals surface area contributed by atoms with Crippen LogP contribution in [0.3, 0.4) is 0 Å². The molecule has 3 N–H and O–H groups in total. The number of fused-ring (bicyclic) bond motifs is 1. The first-order valence-corrected chi connectivity index (χ1v) is 6.96. The maximum Gasteiger partial charge on any atom is 0.222 e. The molecule has 3 rings (SSSR count). The van der Waals surface area contributed by atoms with Gasteiger partial charge in [-0.05, 0) is 13.3 Å². The Kier molecular flexibility index (Phi) is 3.50. The minimum Gasteiger partial charge on any atom is -0.394 e. The van der Waals surface area contributed by atoms with E-state index in [0.717, 1.165) is 5.69 Å². The average molecular weight is 295 g/mol. The van der Waals surface area contributed by atoms with E-state index in [-0.39, 0.29) is 19.0 Å². The zero-order valence-corrected chi connectivity index (χ0v) is 12.0. The molecule has 1 aliphatic rings. The second-order valence-electron chi connectivity index (χ2n) is 5.15. The van der Waals surface area contributed by atoms with Gasteiger partial charge in [0.1, 0.15) is 29.8 Å². The van der Waals surface area contributed by atoms with Gasteiger partial charge >= 0.3 is 0 Å². The number of nitrogen functional groups attached to an aromatic ring is 1. The third-order valence-corrected chi connectivity index (χ3v) is 3.77. The van der Waals surface area contributed by atoms with Crippen LogP contribution in [0.5, 0.6) is 0 Å². The molecule has 0 amide bonds. The molecule has 2 aromatic rings. The predicted octanol–water partition coefficient (Wildman–Crippen LogP) is 0.897. The number of rotatable bonds is 3. The monoisotopic (exact) mass is 295 g/mol. The lowest BCUT2D eigenvalue weighted by Crippen LogP contribution is -2.21. The number of anilines is 1. The van der Waals surface area contributed by atoms with Crippen molar-refractivity contribution in [1.82, 2.24) is 19.5 Å². The highest BCUT2D eigenvalue weighted by molar-refractivity contribution is 5.75. The van der Waals surface area contributed by atoms with Gasteiger partial charge in [-0.3, -0.25) is 4.57 Å². The van der Waals surface area contributed by atoms with Gasteiger partial charge in [0.15, 0.2) is 5.65 Å². The summed E-state index contributed by atoms with van der Waals surface area (Å²) in [6, 6.07) is 0. The average Bonchev–Trinajstić information content (AvgIpc) is 2.97. The number of aliphatic hydroxyl groups is 1. The maximum absolute atomic E-state index is 13.8.